The number of rotatable bonds is 3. The molecule has 98 valence electrons. The third kappa shape index (κ3) is 3.00. The van der Waals surface area contributed by atoms with E-state index in [4.69, 9.17) is 11.6 Å². The highest BCUT2D eigenvalue weighted by atomic mass is 35.5. The quantitative estimate of drug-likeness (QED) is 0.887. The fraction of sp³-hybridized carbons (Fsp3) is 0.462. The third-order valence-electron chi connectivity index (χ3n) is 3.29. The molecule has 0 heterocycles. The number of amides is 1. The smallest absolute Gasteiger partial charge is 0.251 e. The van der Waals surface area contributed by atoms with Gasteiger partial charge in [0, 0.05) is 12.1 Å². The first-order chi connectivity index (χ1) is 8.50. The minimum absolute atomic E-state index is 0.0130. The molecule has 1 aromatic carbocycles. The van der Waals surface area contributed by atoms with Gasteiger partial charge in [-0.15, -0.1) is 0 Å². The van der Waals surface area contributed by atoms with E-state index in [1.165, 1.54) is 12.1 Å². The fourth-order valence-electron chi connectivity index (χ4n) is 2.19. The van der Waals surface area contributed by atoms with Crippen LogP contribution in [-0.4, -0.2) is 23.2 Å². The Balaban J connectivity index is 1.97. The van der Waals surface area contributed by atoms with Crippen LogP contribution in [0, 0.1) is 5.82 Å². The van der Waals surface area contributed by atoms with Gasteiger partial charge in [-0.3, -0.25) is 4.79 Å². The van der Waals surface area contributed by atoms with Crippen LogP contribution in [0.15, 0.2) is 18.2 Å². The van der Waals surface area contributed by atoms with Crippen molar-refractivity contribution < 1.29 is 14.3 Å². The van der Waals surface area contributed by atoms with E-state index in [0.717, 1.165) is 18.9 Å². The van der Waals surface area contributed by atoms with Crippen molar-refractivity contribution in [1.82, 2.24) is 5.32 Å². The highest BCUT2D eigenvalue weighted by molar-refractivity contribution is 6.30. The molecule has 0 aliphatic heterocycles. The lowest BCUT2D eigenvalue weighted by atomic mass is 10.0. The van der Waals surface area contributed by atoms with Crippen LogP contribution in [0.1, 0.15) is 36.0 Å². The van der Waals surface area contributed by atoms with Crippen LogP contribution in [0.25, 0.3) is 0 Å². The van der Waals surface area contributed by atoms with Crippen molar-refractivity contribution in [3.05, 3.63) is 34.6 Å². The molecule has 18 heavy (non-hydrogen) atoms. The Kier molecular flexibility index (Phi) is 3.88. The molecule has 1 amide bonds. The zero-order valence-corrected chi connectivity index (χ0v) is 10.6. The van der Waals surface area contributed by atoms with Crippen molar-refractivity contribution in [3.63, 3.8) is 0 Å². The minimum atomic E-state index is -0.805. The first-order valence-electron chi connectivity index (χ1n) is 5.96. The molecule has 0 bridgehead atoms. The topological polar surface area (TPSA) is 49.3 Å². The summed E-state index contributed by atoms with van der Waals surface area (Å²) in [6.07, 6.45) is 3.34. The molecule has 0 radical (unpaired) electrons. The Bertz CT molecular complexity index is 458. The molecule has 2 N–H and O–H groups in total. The summed E-state index contributed by atoms with van der Waals surface area (Å²) in [4.78, 5) is 11.8. The van der Waals surface area contributed by atoms with Gasteiger partial charge in [0.05, 0.1) is 10.6 Å². The van der Waals surface area contributed by atoms with Crippen molar-refractivity contribution in [2.75, 3.05) is 6.54 Å². The van der Waals surface area contributed by atoms with Crippen LogP contribution in [0.3, 0.4) is 0 Å². The van der Waals surface area contributed by atoms with Gasteiger partial charge < -0.3 is 10.4 Å². The summed E-state index contributed by atoms with van der Waals surface area (Å²) in [6.45, 7) is 0.204. The second-order valence-electron chi connectivity index (χ2n) is 4.74. The molecule has 1 aliphatic rings. The van der Waals surface area contributed by atoms with E-state index in [1.54, 1.807) is 0 Å². The summed E-state index contributed by atoms with van der Waals surface area (Å²) in [6, 6.07) is 3.89. The van der Waals surface area contributed by atoms with E-state index in [9.17, 15) is 14.3 Å². The van der Waals surface area contributed by atoms with Crippen LogP contribution >= 0.6 is 11.6 Å². The Hall–Kier alpha value is -1.13. The first kappa shape index (κ1) is 13.3. The number of carbonyl (C=O) groups is 1. The van der Waals surface area contributed by atoms with E-state index in [1.807, 2.05) is 0 Å². The highest BCUT2D eigenvalue weighted by Crippen LogP contribution is 2.28. The zero-order valence-electron chi connectivity index (χ0n) is 9.88. The number of hydrogen-bond donors (Lipinski definition) is 2. The lowest BCUT2D eigenvalue weighted by molar-refractivity contribution is 0.0449. The molecule has 3 nitrogen and oxygen atoms in total. The van der Waals surface area contributed by atoms with Gasteiger partial charge in [0.1, 0.15) is 5.82 Å². The molecule has 0 spiro atoms. The van der Waals surface area contributed by atoms with Gasteiger partial charge in [0.25, 0.3) is 5.91 Å². The minimum Gasteiger partial charge on any atom is -0.388 e. The number of benzene rings is 1. The zero-order chi connectivity index (χ0) is 13.2. The normalized spacial score (nSPS) is 17.7. The van der Waals surface area contributed by atoms with Crippen LogP contribution in [0.2, 0.25) is 5.02 Å². The number of hydrogen-bond acceptors (Lipinski definition) is 2. The maximum atomic E-state index is 13.2. The van der Waals surface area contributed by atoms with E-state index in [-0.39, 0.29) is 17.1 Å². The van der Waals surface area contributed by atoms with Crippen molar-refractivity contribution in [2.24, 2.45) is 0 Å². The lowest BCUT2D eigenvalue weighted by Gasteiger charge is -2.22. The summed E-state index contributed by atoms with van der Waals surface area (Å²) < 4.78 is 13.2. The standard InChI is InChI=1S/C13H15ClFNO2/c14-10-4-3-9(7-11(10)15)12(17)16-8-13(18)5-1-2-6-13/h3-4,7,18H,1-2,5-6,8H2,(H,16,17). The SMILES string of the molecule is O=C(NCC1(O)CCCC1)c1ccc(Cl)c(F)c1. The average molecular weight is 272 g/mol. The average Bonchev–Trinajstić information content (AvgIpc) is 2.77. The van der Waals surface area contributed by atoms with Gasteiger partial charge in [-0.1, -0.05) is 24.4 Å². The van der Waals surface area contributed by atoms with E-state index < -0.39 is 17.3 Å². The van der Waals surface area contributed by atoms with Crippen LogP contribution < -0.4 is 5.32 Å². The largest absolute Gasteiger partial charge is 0.388 e. The second-order valence-corrected chi connectivity index (χ2v) is 5.15. The van der Waals surface area contributed by atoms with Gasteiger partial charge in [-0.05, 0) is 31.0 Å². The Morgan fingerprint density at radius 2 is 2.11 bits per heavy atom. The molecule has 1 saturated carbocycles. The summed E-state index contributed by atoms with van der Waals surface area (Å²) in [5, 5.41) is 12.7. The fourth-order valence-corrected chi connectivity index (χ4v) is 2.31. The number of aliphatic hydroxyl groups is 1. The van der Waals surface area contributed by atoms with Crippen molar-refractivity contribution in [2.45, 2.75) is 31.3 Å². The van der Waals surface area contributed by atoms with Crippen LogP contribution in [0.5, 0.6) is 0 Å². The third-order valence-corrected chi connectivity index (χ3v) is 3.60. The Labute approximate surface area is 110 Å². The van der Waals surface area contributed by atoms with Crippen molar-refractivity contribution >= 4 is 17.5 Å². The second kappa shape index (κ2) is 5.24. The van der Waals surface area contributed by atoms with Crippen molar-refractivity contribution in [3.8, 4) is 0 Å². The maximum absolute atomic E-state index is 13.2. The van der Waals surface area contributed by atoms with Gasteiger partial charge >= 0.3 is 0 Å². The van der Waals surface area contributed by atoms with Crippen molar-refractivity contribution in [1.29, 1.82) is 0 Å². The molecule has 1 aromatic rings. The molecule has 5 heteroatoms. The van der Waals surface area contributed by atoms with Gasteiger partial charge in [-0.25, -0.2) is 4.39 Å². The van der Waals surface area contributed by atoms with Gasteiger partial charge in [0.2, 0.25) is 0 Å². The Morgan fingerprint density at radius 3 is 2.72 bits per heavy atom. The number of carbonyl (C=O) groups excluding carboxylic acids is 1. The van der Waals surface area contributed by atoms with Crippen LogP contribution in [0.4, 0.5) is 4.39 Å². The maximum Gasteiger partial charge on any atom is 0.251 e. The summed E-state index contributed by atoms with van der Waals surface area (Å²) >= 11 is 5.54. The molecule has 0 atom stereocenters. The summed E-state index contributed by atoms with van der Waals surface area (Å²) in [7, 11) is 0. The molecule has 2 rings (SSSR count). The van der Waals surface area contributed by atoms with Gasteiger partial charge in [-0.2, -0.15) is 0 Å². The predicted molar refractivity (Wildman–Crippen MR) is 67.2 cm³/mol. The molecule has 0 aromatic heterocycles. The summed E-state index contributed by atoms with van der Waals surface area (Å²) in [5.74, 6) is -1.02. The van der Waals surface area contributed by atoms with E-state index >= 15 is 0 Å². The van der Waals surface area contributed by atoms with E-state index in [0.29, 0.717) is 12.8 Å². The molecular weight excluding hydrogens is 257 g/mol. The first-order valence-corrected chi connectivity index (χ1v) is 6.34. The number of halogens is 2. The van der Waals surface area contributed by atoms with E-state index in [2.05, 4.69) is 5.32 Å². The molecule has 0 saturated heterocycles. The van der Waals surface area contributed by atoms with Crippen LogP contribution in [-0.2, 0) is 0 Å². The molecule has 1 fully saturated rings. The lowest BCUT2D eigenvalue weighted by Crippen LogP contribution is -2.40. The summed E-state index contributed by atoms with van der Waals surface area (Å²) in [5.41, 5.74) is -0.598. The molecule has 0 unspecified atom stereocenters. The predicted octanol–water partition coefficient (Wildman–Crippen LogP) is 2.51. The van der Waals surface area contributed by atoms with Gasteiger partial charge in [0.15, 0.2) is 0 Å². The monoisotopic (exact) mass is 271 g/mol. The molecule has 1 aliphatic carbocycles. The Morgan fingerprint density at radius 1 is 1.44 bits per heavy atom. The number of nitrogens with one attached hydrogen (secondary N) is 1. The highest BCUT2D eigenvalue weighted by Gasteiger charge is 2.31. The molecular formula is C13H15ClFNO2.